The molecule has 2 atom stereocenters. The van der Waals surface area contributed by atoms with Gasteiger partial charge in [0.2, 0.25) is 5.95 Å². The van der Waals surface area contributed by atoms with Crippen molar-refractivity contribution in [1.29, 1.82) is 0 Å². The second kappa shape index (κ2) is 7.36. The molecule has 0 saturated carbocycles. The van der Waals surface area contributed by atoms with Crippen molar-refractivity contribution in [2.45, 2.75) is 26.1 Å². The first kappa shape index (κ1) is 17.5. The molecule has 0 aliphatic carbocycles. The van der Waals surface area contributed by atoms with Crippen molar-refractivity contribution >= 4 is 5.95 Å². The third-order valence-corrected chi connectivity index (χ3v) is 4.60. The molecule has 140 valence electrons. The van der Waals surface area contributed by atoms with Gasteiger partial charge >= 0.3 is 0 Å². The van der Waals surface area contributed by atoms with E-state index in [1.807, 2.05) is 30.5 Å². The molecule has 27 heavy (non-hydrogen) atoms. The summed E-state index contributed by atoms with van der Waals surface area (Å²) in [5, 5.41) is 0. The van der Waals surface area contributed by atoms with E-state index in [2.05, 4.69) is 33.7 Å². The number of nitrogens with zero attached hydrogens (tertiary/aromatic N) is 4. The van der Waals surface area contributed by atoms with Crippen molar-refractivity contribution in [1.82, 2.24) is 19.9 Å². The fourth-order valence-corrected chi connectivity index (χ4v) is 3.42. The van der Waals surface area contributed by atoms with Crippen LogP contribution >= 0.6 is 0 Å². The van der Waals surface area contributed by atoms with Crippen LogP contribution in [0, 0.1) is 0 Å². The summed E-state index contributed by atoms with van der Waals surface area (Å²) in [5.41, 5.74) is 2.69. The van der Waals surface area contributed by atoms with Gasteiger partial charge in [0, 0.05) is 37.2 Å². The van der Waals surface area contributed by atoms with Crippen LogP contribution < -0.4 is 9.64 Å². The summed E-state index contributed by atoms with van der Waals surface area (Å²) in [6, 6.07) is 7.87. The number of morpholine rings is 1. The first-order valence-electron chi connectivity index (χ1n) is 9.05. The van der Waals surface area contributed by atoms with Crippen LogP contribution in [0.4, 0.5) is 5.95 Å². The van der Waals surface area contributed by atoms with E-state index in [1.54, 1.807) is 19.5 Å². The topological polar surface area (TPSA) is 76.2 Å². The van der Waals surface area contributed by atoms with Gasteiger partial charge < -0.3 is 19.4 Å². The Balaban J connectivity index is 1.77. The number of anilines is 1. The second-order valence-electron chi connectivity index (χ2n) is 6.76. The second-order valence-corrected chi connectivity index (χ2v) is 6.76. The van der Waals surface area contributed by atoms with Crippen LogP contribution in [0.5, 0.6) is 5.75 Å². The number of benzene rings is 1. The SMILES string of the molecule is COc1ccc(-c2nc(N3C[C@@H](C)O[C@@H](C)C3)ncc2-c2ncc[nH]2)cc1. The molecular formula is C20H23N5O2. The largest absolute Gasteiger partial charge is 0.497 e. The molecule has 0 radical (unpaired) electrons. The van der Waals surface area contributed by atoms with Crippen molar-refractivity contribution in [3.63, 3.8) is 0 Å². The predicted octanol–water partition coefficient (Wildman–Crippen LogP) is 3.16. The monoisotopic (exact) mass is 365 g/mol. The summed E-state index contributed by atoms with van der Waals surface area (Å²) in [7, 11) is 1.66. The lowest BCUT2D eigenvalue weighted by Crippen LogP contribution is -2.46. The normalized spacial score (nSPS) is 19.9. The van der Waals surface area contributed by atoms with Crippen LogP contribution in [0.3, 0.4) is 0 Å². The van der Waals surface area contributed by atoms with E-state index in [1.165, 1.54) is 0 Å². The summed E-state index contributed by atoms with van der Waals surface area (Å²) >= 11 is 0. The lowest BCUT2D eigenvalue weighted by molar-refractivity contribution is -0.00571. The Morgan fingerprint density at radius 1 is 1.11 bits per heavy atom. The Morgan fingerprint density at radius 3 is 2.48 bits per heavy atom. The number of hydrogen-bond donors (Lipinski definition) is 1. The molecular weight excluding hydrogens is 342 g/mol. The molecule has 3 heterocycles. The van der Waals surface area contributed by atoms with Gasteiger partial charge in [-0.25, -0.2) is 15.0 Å². The van der Waals surface area contributed by atoms with Crippen LogP contribution in [0.2, 0.25) is 0 Å². The summed E-state index contributed by atoms with van der Waals surface area (Å²) < 4.78 is 11.1. The number of imidazole rings is 1. The number of ether oxygens (including phenoxy) is 2. The highest BCUT2D eigenvalue weighted by Gasteiger charge is 2.25. The van der Waals surface area contributed by atoms with Crippen LogP contribution in [-0.4, -0.2) is 52.3 Å². The van der Waals surface area contributed by atoms with Gasteiger partial charge in [-0.3, -0.25) is 0 Å². The van der Waals surface area contributed by atoms with Crippen molar-refractivity contribution in [2.75, 3.05) is 25.1 Å². The minimum absolute atomic E-state index is 0.145. The van der Waals surface area contributed by atoms with E-state index in [-0.39, 0.29) is 12.2 Å². The van der Waals surface area contributed by atoms with Gasteiger partial charge in [0.05, 0.1) is 30.6 Å². The lowest BCUT2D eigenvalue weighted by Gasteiger charge is -2.35. The molecule has 1 fully saturated rings. The Labute approximate surface area is 158 Å². The van der Waals surface area contributed by atoms with Crippen molar-refractivity contribution in [2.24, 2.45) is 0 Å². The molecule has 7 nitrogen and oxygen atoms in total. The van der Waals surface area contributed by atoms with E-state index in [0.717, 1.165) is 41.5 Å². The van der Waals surface area contributed by atoms with Gasteiger partial charge in [-0.1, -0.05) is 0 Å². The zero-order chi connectivity index (χ0) is 18.8. The summed E-state index contributed by atoms with van der Waals surface area (Å²) in [5.74, 6) is 2.26. The zero-order valence-corrected chi connectivity index (χ0v) is 15.7. The highest BCUT2D eigenvalue weighted by molar-refractivity contribution is 5.78. The molecule has 0 spiro atoms. The summed E-state index contributed by atoms with van der Waals surface area (Å²) in [4.78, 5) is 19.2. The van der Waals surface area contributed by atoms with E-state index in [9.17, 15) is 0 Å². The van der Waals surface area contributed by atoms with Crippen molar-refractivity contribution in [3.05, 3.63) is 42.9 Å². The number of rotatable bonds is 4. The maximum Gasteiger partial charge on any atom is 0.226 e. The van der Waals surface area contributed by atoms with E-state index >= 15 is 0 Å². The number of aromatic nitrogens is 4. The molecule has 0 unspecified atom stereocenters. The van der Waals surface area contributed by atoms with Gasteiger partial charge in [0.25, 0.3) is 0 Å². The standard InChI is InChI=1S/C20H23N5O2/c1-13-11-25(12-14(2)27-13)20-23-10-17(19-21-8-9-22-19)18(24-20)15-4-6-16(26-3)7-5-15/h4-10,13-14H,11-12H2,1-3H3,(H,21,22)/t13-,14+. The number of methoxy groups -OCH3 is 1. The number of hydrogen-bond acceptors (Lipinski definition) is 6. The van der Waals surface area contributed by atoms with Gasteiger partial charge in [0.1, 0.15) is 11.6 Å². The quantitative estimate of drug-likeness (QED) is 0.765. The molecule has 1 aliphatic heterocycles. The Hall–Kier alpha value is -2.93. The van der Waals surface area contributed by atoms with E-state index < -0.39 is 0 Å². The maximum absolute atomic E-state index is 5.83. The average molecular weight is 365 g/mol. The first-order valence-corrected chi connectivity index (χ1v) is 9.05. The minimum Gasteiger partial charge on any atom is -0.497 e. The molecule has 7 heteroatoms. The molecule has 0 amide bonds. The summed E-state index contributed by atoms with van der Waals surface area (Å²) in [6.45, 7) is 5.69. The fourth-order valence-electron chi connectivity index (χ4n) is 3.42. The Kier molecular flexibility index (Phi) is 4.77. The third-order valence-electron chi connectivity index (χ3n) is 4.60. The first-order chi connectivity index (χ1) is 13.1. The lowest BCUT2D eigenvalue weighted by atomic mass is 10.1. The number of nitrogens with one attached hydrogen (secondary N) is 1. The molecule has 1 saturated heterocycles. The van der Waals surface area contributed by atoms with E-state index in [4.69, 9.17) is 14.5 Å². The van der Waals surface area contributed by atoms with Crippen molar-refractivity contribution < 1.29 is 9.47 Å². The molecule has 1 N–H and O–H groups in total. The maximum atomic E-state index is 5.83. The zero-order valence-electron chi connectivity index (χ0n) is 15.7. The van der Waals surface area contributed by atoms with Gasteiger partial charge in [-0.15, -0.1) is 0 Å². The predicted molar refractivity (Wildman–Crippen MR) is 104 cm³/mol. The Morgan fingerprint density at radius 2 is 1.85 bits per heavy atom. The Bertz CT molecular complexity index is 885. The molecule has 1 aliphatic rings. The molecule has 3 aromatic rings. The number of H-pyrrole nitrogens is 1. The van der Waals surface area contributed by atoms with Crippen LogP contribution in [0.25, 0.3) is 22.6 Å². The highest BCUT2D eigenvalue weighted by Crippen LogP contribution is 2.31. The van der Waals surface area contributed by atoms with Gasteiger partial charge in [0.15, 0.2) is 0 Å². The summed E-state index contributed by atoms with van der Waals surface area (Å²) in [6.07, 6.45) is 5.66. The minimum atomic E-state index is 0.145. The molecule has 1 aromatic carbocycles. The van der Waals surface area contributed by atoms with Gasteiger partial charge in [-0.2, -0.15) is 0 Å². The van der Waals surface area contributed by atoms with E-state index in [0.29, 0.717) is 5.95 Å². The van der Waals surface area contributed by atoms with Crippen molar-refractivity contribution in [3.8, 4) is 28.4 Å². The van der Waals surface area contributed by atoms with Gasteiger partial charge in [-0.05, 0) is 38.1 Å². The number of aromatic amines is 1. The third kappa shape index (κ3) is 3.64. The molecule has 4 rings (SSSR count). The molecule has 0 bridgehead atoms. The fraction of sp³-hybridized carbons (Fsp3) is 0.350. The molecule has 2 aromatic heterocycles. The highest BCUT2D eigenvalue weighted by atomic mass is 16.5. The van der Waals surface area contributed by atoms with Crippen LogP contribution in [0.15, 0.2) is 42.9 Å². The van der Waals surface area contributed by atoms with Crippen LogP contribution in [0.1, 0.15) is 13.8 Å². The van der Waals surface area contributed by atoms with Crippen LogP contribution in [-0.2, 0) is 4.74 Å². The average Bonchev–Trinajstić information content (AvgIpc) is 3.21. The smallest absolute Gasteiger partial charge is 0.226 e.